The molecule has 0 spiro atoms. The molecule has 0 saturated carbocycles. The molecule has 1 aromatic carbocycles. The van der Waals surface area contributed by atoms with Crippen LogP contribution in [0.2, 0.25) is 0 Å². The van der Waals surface area contributed by atoms with E-state index in [2.05, 4.69) is 10.1 Å². The third-order valence-electron chi connectivity index (χ3n) is 3.92. The number of aromatic nitrogens is 2. The molecular weight excluding hydrogens is 382 g/mol. The van der Waals surface area contributed by atoms with Crippen LogP contribution in [0.25, 0.3) is 20.7 Å². The van der Waals surface area contributed by atoms with Gasteiger partial charge < -0.3 is 9.84 Å². The minimum Gasteiger partial charge on any atom is -0.504 e. The third kappa shape index (κ3) is 3.24. The Balaban J connectivity index is 1.76. The van der Waals surface area contributed by atoms with E-state index in [9.17, 15) is 9.90 Å². The largest absolute Gasteiger partial charge is 0.504 e. The Hall–Kier alpha value is -2.97. The summed E-state index contributed by atoms with van der Waals surface area (Å²) in [5.74, 6) is 0.361. The Morgan fingerprint density at radius 2 is 2.19 bits per heavy atom. The Bertz CT molecular complexity index is 1180. The second-order valence-corrected chi connectivity index (χ2v) is 7.38. The van der Waals surface area contributed by atoms with Gasteiger partial charge in [-0.15, -0.1) is 22.7 Å². The van der Waals surface area contributed by atoms with E-state index in [-0.39, 0.29) is 11.3 Å². The Labute approximate surface area is 162 Å². The van der Waals surface area contributed by atoms with Gasteiger partial charge in [0, 0.05) is 21.4 Å². The van der Waals surface area contributed by atoms with E-state index in [4.69, 9.17) is 4.74 Å². The number of phenolic OH excluding ortho intramolecular Hbond substituents is 1. The Kier molecular flexibility index (Phi) is 4.74. The molecule has 1 N–H and O–H groups in total. The summed E-state index contributed by atoms with van der Waals surface area (Å²) in [6.07, 6.45) is 2.81. The minimum atomic E-state index is -0.249. The van der Waals surface area contributed by atoms with Crippen LogP contribution >= 0.6 is 22.7 Å². The van der Waals surface area contributed by atoms with Crippen molar-refractivity contribution in [3.63, 3.8) is 0 Å². The predicted octanol–water partition coefficient (Wildman–Crippen LogP) is 4.17. The highest BCUT2D eigenvalue weighted by Gasteiger charge is 2.14. The van der Waals surface area contributed by atoms with Crippen molar-refractivity contribution < 1.29 is 9.84 Å². The standard InChI is InChI=1S/C19H15N3O3S2/c1-2-25-14-6-3-5-12(17(14)23)9-21-22-11-20-18-16(19(22)24)13(10-27-18)15-7-4-8-26-15/h3-11,23H,2H2,1H3/b21-9+. The third-order valence-corrected chi connectivity index (χ3v) is 5.71. The fraction of sp³-hybridized carbons (Fsp3) is 0.105. The van der Waals surface area contributed by atoms with Crippen LogP contribution in [0.5, 0.6) is 11.5 Å². The number of thiophene rings is 2. The summed E-state index contributed by atoms with van der Waals surface area (Å²) in [5, 5.41) is 18.9. The smallest absolute Gasteiger partial charge is 0.283 e. The first-order valence-electron chi connectivity index (χ1n) is 8.21. The SMILES string of the molecule is CCOc1cccc(/C=N/n2cnc3scc(-c4cccs4)c3c2=O)c1O. The molecule has 0 aliphatic rings. The molecule has 0 amide bonds. The molecule has 27 heavy (non-hydrogen) atoms. The number of para-hydroxylation sites is 1. The number of aromatic hydroxyl groups is 1. The molecule has 0 unspecified atom stereocenters. The van der Waals surface area contributed by atoms with Gasteiger partial charge >= 0.3 is 0 Å². The maximum atomic E-state index is 12.9. The first-order valence-corrected chi connectivity index (χ1v) is 9.97. The van der Waals surface area contributed by atoms with Gasteiger partial charge in [-0.2, -0.15) is 9.78 Å². The number of benzene rings is 1. The van der Waals surface area contributed by atoms with Crippen LogP contribution < -0.4 is 10.3 Å². The van der Waals surface area contributed by atoms with Crippen molar-refractivity contribution in [2.24, 2.45) is 5.10 Å². The molecular formula is C19H15N3O3S2. The van der Waals surface area contributed by atoms with Crippen LogP contribution in [0, 0.1) is 0 Å². The van der Waals surface area contributed by atoms with E-state index in [1.54, 1.807) is 29.5 Å². The number of phenols is 1. The normalized spacial score (nSPS) is 11.4. The number of rotatable bonds is 5. The second-order valence-electron chi connectivity index (χ2n) is 5.57. The highest BCUT2D eigenvalue weighted by atomic mass is 32.1. The molecule has 0 saturated heterocycles. The Morgan fingerprint density at radius 3 is 2.96 bits per heavy atom. The monoisotopic (exact) mass is 397 g/mol. The average molecular weight is 397 g/mol. The fourth-order valence-electron chi connectivity index (χ4n) is 2.66. The lowest BCUT2D eigenvalue weighted by molar-refractivity contribution is 0.318. The van der Waals surface area contributed by atoms with Crippen molar-refractivity contribution in [1.29, 1.82) is 0 Å². The minimum absolute atomic E-state index is 0.0139. The van der Waals surface area contributed by atoms with Crippen LogP contribution in [0.1, 0.15) is 12.5 Å². The summed E-state index contributed by atoms with van der Waals surface area (Å²) in [6, 6.07) is 9.05. The van der Waals surface area contributed by atoms with Gasteiger partial charge in [-0.25, -0.2) is 4.98 Å². The molecule has 0 fully saturated rings. The van der Waals surface area contributed by atoms with Gasteiger partial charge in [0.25, 0.3) is 5.56 Å². The number of ether oxygens (including phenoxy) is 1. The number of fused-ring (bicyclic) bond motifs is 1. The highest BCUT2D eigenvalue weighted by Crippen LogP contribution is 2.33. The molecule has 0 bridgehead atoms. The van der Waals surface area contributed by atoms with Crippen molar-refractivity contribution in [3.05, 3.63) is 63.3 Å². The molecule has 0 aliphatic heterocycles. The Morgan fingerprint density at radius 1 is 1.30 bits per heavy atom. The molecule has 6 nitrogen and oxygen atoms in total. The summed E-state index contributed by atoms with van der Waals surface area (Å²) in [6.45, 7) is 2.28. The lowest BCUT2D eigenvalue weighted by atomic mass is 10.2. The van der Waals surface area contributed by atoms with Crippen molar-refractivity contribution in [1.82, 2.24) is 9.66 Å². The first-order chi connectivity index (χ1) is 13.2. The van der Waals surface area contributed by atoms with Crippen LogP contribution in [0.3, 0.4) is 0 Å². The van der Waals surface area contributed by atoms with Crippen molar-refractivity contribution in [3.8, 4) is 21.9 Å². The van der Waals surface area contributed by atoms with E-state index < -0.39 is 0 Å². The number of nitrogens with zero attached hydrogens (tertiary/aromatic N) is 3. The molecule has 0 atom stereocenters. The van der Waals surface area contributed by atoms with E-state index in [0.29, 0.717) is 28.1 Å². The van der Waals surface area contributed by atoms with E-state index in [1.165, 1.54) is 28.6 Å². The van der Waals surface area contributed by atoms with E-state index in [0.717, 1.165) is 10.4 Å². The molecule has 8 heteroatoms. The summed E-state index contributed by atoms with van der Waals surface area (Å²) in [5.41, 5.74) is 1.08. The summed E-state index contributed by atoms with van der Waals surface area (Å²) < 4.78 is 6.55. The van der Waals surface area contributed by atoms with Gasteiger partial charge in [0.15, 0.2) is 11.5 Å². The van der Waals surface area contributed by atoms with E-state index in [1.807, 2.05) is 29.8 Å². The van der Waals surface area contributed by atoms with Gasteiger partial charge in [-0.05, 0) is 30.5 Å². The fourth-order valence-corrected chi connectivity index (χ4v) is 4.38. The molecule has 3 aromatic heterocycles. The zero-order valence-electron chi connectivity index (χ0n) is 14.3. The lowest BCUT2D eigenvalue weighted by Crippen LogP contribution is -2.16. The van der Waals surface area contributed by atoms with Crippen LogP contribution in [-0.2, 0) is 0 Å². The van der Waals surface area contributed by atoms with Crippen molar-refractivity contribution in [2.45, 2.75) is 6.92 Å². The van der Waals surface area contributed by atoms with E-state index >= 15 is 0 Å². The average Bonchev–Trinajstić information content (AvgIpc) is 3.33. The summed E-state index contributed by atoms with van der Waals surface area (Å²) in [4.78, 5) is 18.9. The highest BCUT2D eigenvalue weighted by molar-refractivity contribution is 7.18. The lowest BCUT2D eigenvalue weighted by Gasteiger charge is -2.07. The van der Waals surface area contributed by atoms with Crippen molar-refractivity contribution >= 4 is 39.1 Å². The number of hydrogen-bond acceptors (Lipinski definition) is 7. The maximum absolute atomic E-state index is 12.9. The van der Waals surface area contributed by atoms with Crippen molar-refractivity contribution in [2.75, 3.05) is 6.61 Å². The molecule has 136 valence electrons. The zero-order chi connectivity index (χ0) is 18.8. The van der Waals surface area contributed by atoms with Crippen LogP contribution in [0.15, 0.2) is 57.3 Å². The van der Waals surface area contributed by atoms with Gasteiger partial charge in [0.05, 0.1) is 18.2 Å². The van der Waals surface area contributed by atoms with Gasteiger partial charge in [0.1, 0.15) is 11.2 Å². The second kappa shape index (κ2) is 7.34. The number of hydrogen-bond donors (Lipinski definition) is 1. The zero-order valence-corrected chi connectivity index (χ0v) is 16.0. The molecule has 4 aromatic rings. The summed E-state index contributed by atoms with van der Waals surface area (Å²) >= 11 is 3.01. The topological polar surface area (TPSA) is 76.7 Å². The quantitative estimate of drug-likeness (QED) is 0.513. The molecule has 0 aliphatic carbocycles. The van der Waals surface area contributed by atoms with Crippen LogP contribution in [-0.4, -0.2) is 27.6 Å². The molecule has 4 rings (SSSR count). The van der Waals surface area contributed by atoms with Crippen LogP contribution in [0.4, 0.5) is 0 Å². The van der Waals surface area contributed by atoms with Gasteiger partial charge in [-0.1, -0.05) is 12.1 Å². The maximum Gasteiger partial charge on any atom is 0.283 e. The molecule has 3 heterocycles. The summed E-state index contributed by atoms with van der Waals surface area (Å²) in [7, 11) is 0. The molecule has 0 radical (unpaired) electrons. The van der Waals surface area contributed by atoms with Gasteiger partial charge in [-0.3, -0.25) is 4.79 Å². The van der Waals surface area contributed by atoms with Gasteiger partial charge in [0.2, 0.25) is 0 Å². The first kappa shape index (κ1) is 17.4. The predicted molar refractivity (Wildman–Crippen MR) is 109 cm³/mol.